The van der Waals surface area contributed by atoms with Crippen LogP contribution < -0.4 is 4.80 Å². The van der Waals surface area contributed by atoms with Gasteiger partial charge in [-0.2, -0.15) is 29.9 Å². The maximum absolute atomic E-state index is 12.7. The lowest BCUT2D eigenvalue weighted by Crippen LogP contribution is -2.37. The van der Waals surface area contributed by atoms with Gasteiger partial charge in [-0.05, 0) is 31.2 Å². The minimum absolute atomic E-state index is 0.303. The van der Waals surface area contributed by atoms with Crippen LogP contribution in [0.3, 0.4) is 0 Å². The van der Waals surface area contributed by atoms with Crippen LogP contribution in [-0.2, 0) is 6.18 Å². The van der Waals surface area contributed by atoms with Crippen molar-refractivity contribution in [1.29, 1.82) is 0 Å². The van der Waals surface area contributed by atoms with E-state index in [0.717, 1.165) is 28.5 Å². The summed E-state index contributed by atoms with van der Waals surface area (Å²) in [6.45, 7) is 3.20. The number of aryl methyl sites for hydroxylation is 1. The fourth-order valence-electron chi connectivity index (χ4n) is 2.44. The standard InChI is InChI=1S/C16H16F3N3OS2/c1-11-10-22(13-4-2-12(3-5-13)16(17,18)19)15(25-11)20-14(23)21-6-8-24-9-7-21/h2-5,10H,6-9H2,1H3. The third kappa shape index (κ3) is 4.27. The number of hydrogen-bond acceptors (Lipinski definition) is 3. The maximum atomic E-state index is 12.7. The molecule has 1 aromatic heterocycles. The van der Waals surface area contributed by atoms with Crippen LogP contribution in [-0.4, -0.2) is 40.1 Å². The topological polar surface area (TPSA) is 37.6 Å². The van der Waals surface area contributed by atoms with E-state index < -0.39 is 11.7 Å². The first-order chi connectivity index (χ1) is 11.8. The van der Waals surface area contributed by atoms with Crippen molar-refractivity contribution in [3.05, 3.63) is 45.7 Å². The number of carbonyl (C=O) groups is 1. The molecule has 0 atom stereocenters. The van der Waals surface area contributed by atoms with Gasteiger partial charge in [0.1, 0.15) is 0 Å². The average molecular weight is 387 g/mol. The summed E-state index contributed by atoms with van der Waals surface area (Å²) in [7, 11) is 0. The summed E-state index contributed by atoms with van der Waals surface area (Å²) in [5.41, 5.74) is -0.165. The summed E-state index contributed by atoms with van der Waals surface area (Å²) < 4.78 is 39.8. The first-order valence-electron chi connectivity index (χ1n) is 7.63. The Morgan fingerprint density at radius 2 is 1.80 bits per heavy atom. The van der Waals surface area contributed by atoms with Gasteiger partial charge >= 0.3 is 12.2 Å². The normalized spacial score (nSPS) is 16.3. The van der Waals surface area contributed by atoms with Crippen molar-refractivity contribution in [2.45, 2.75) is 13.1 Å². The largest absolute Gasteiger partial charge is 0.416 e. The van der Waals surface area contributed by atoms with Crippen LogP contribution in [0.25, 0.3) is 5.69 Å². The Labute approximate surface area is 151 Å². The van der Waals surface area contributed by atoms with Gasteiger partial charge in [0.2, 0.25) is 0 Å². The molecule has 0 spiro atoms. The Morgan fingerprint density at radius 3 is 2.40 bits per heavy atom. The molecule has 0 aliphatic carbocycles. The highest BCUT2D eigenvalue weighted by Gasteiger charge is 2.30. The molecule has 0 saturated carbocycles. The molecule has 1 aliphatic rings. The molecule has 0 radical (unpaired) electrons. The lowest BCUT2D eigenvalue weighted by atomic mass is 10.2. The van der Waals surface area contributed by atoms with Crippen molar-refractivity contribution in [3.8, 4) is 5.69 Å². The second kappa shape index (κ2) is 7.25. The van der Waals surface area contributed by atoms with Gasteiger partial charge in [-0.3, -0.25) is 4.57 Å². The van der Waals surface area contributed by atoms with Gasteiger partial charge in [0.25, 0.3) is 0 Å². The minimum Gasteiger partial charge on any atom is -0.321 e. The van der Waals surface area contributed by atoms with Crippen LogP contribution >= 0.6 is 23.1 Å². The lowest BCUT2D eigenvalue weighted by Gasteiger charge is -2.23. The monoisotopic (exact) mass is 387 g/mol. The highest BCUT2D eigenvalue weighted by molar-refractivity contribution is 7.99. The first kappa shape index (κ1) is 18.1. The van der Waals surface area contributed by atoms with E-state index in [-0.39, 0.29) is 6.03 Å². The zero-order valence-corrected chi connectivity index (χ0v) is 15.0. The van der Waals surface area contributed by atoms with Gasteiger partial charge < -0.3 is 4.90 Å². The Hall–Kier alpha value is -1.74. The number of aromatic nitrogens is 1. The average Bonchev–Trinajstić information content (AvgIpc) is 2.95. The summed E-state index contributed by atoms with van der Waals surface area (Å²) in [6, 6.07) is 4.53. The summed E-state index contributed by atoms with van der Waals surface area (Å²) in [6.07, 6.45) is -2.60. The van der Waals surface area contributed by atoms with E-state index in [9.17, 15) is 18.0 Å². The van der Waals surface area contributed by atoms with Crippen LogP contribution in [0.4, 0.5) is 18.0 Å². The van der Waals surface area contributed by atoms with Crippen LogP contribution in [0.2, 0.25) is 0 Å². The Bertz CT molecular complexity index is 818. The van der Waals surface area contributed by atoms with Crippen LogP contribution in [0.15, 0.2) is 35.5 Å². The number of hydrogen-bond donors (Lipinski definition) is 0. The number of amides is 2. The van der Waals surface area contributed by atoms with Crippen LogP contribution in [0.5, 0.6) is 0 Å². The van der Waals surface area contributed by atoms with Crippen molar-refractivity contribution < 1.29 is 18.0 Å². The smallest absolute Gasteiger partial charge is 0.321 e. The zero-order valence-electron chi connectivity index (χ0n) is 13.4. The second-order valence-corrected chi connectivity index (χ2v) is 7.97. The molecule has 1 aromatic carbocycles. The van der Waals surface area contributed by atoms with Crippen molar-refractivity contribution in [2.24, 2.45) is 4.99 Å². The molecular formula is C16H16F3N3OS2. The molecule has 1 aliphatic heterocycles. The second-order valence-electron chi connectivity index (χ2n) is 5.53. The van der Waals surface area contributed by atoms with Crippen molar-refractivity contribution in [3.63, 3.8) is 0 Å². The van der Waals surface area contributed by atoms with E-state index in [1.165, 1.54) is 23.5 Å². The SMILES string of the molecule is Cc1cn(-c2ccc(C(F)(F)F)cc2)c(=NC(=O)N2CCSCC2)s1. The van der Waals surface area contributed by atoms with Crippen LogP contribution in [0.1, 0.15) is 10.4 Å². The lowest BCUT2D eigenvalue weighted by molar-refractivity contribution is -0.137. The molecule has 25 heavy (non-hydrogen) atoms. The molecule has 134 valence electrons. The Morgan fingerprint density at radius 1 is 1.16 bits per heavy atom. The molecule has 1 saturated heterocycles. The molecule has 2 amide bonds. The predicted molar refractivity (Wildman–Crippen MR) is 93.2 cm³/mol. The fourth-order valence-corrected chi connectivity index (χ4v) is 4.17. The highest BCUT2D eigenvalue weighted by Crippen LogP contribution is 2.29. The minimum atomic E-state index is -4.37. The van der Waals surface area contributed by atoms with E-state index in [4.69, 9.17) is 0 Å². The molecule has 0 unspecified atom stereocenters. The Balaban J connectivity index is 1.93. The van der Waals surface area contributed by atoms with Gasteiger partial charge in [0, 0.05) is 41.4 Å². The molecule has 4 nitrogen and oxygen atoms in total. The number of nitrogens with zero attached hydrogens (tertiary/aromatic N) is 3. The quantitative estimate of drug-likeness (QED) is 0.743. The van der Waals surface area contributed by atoms with E-state index in [1.807, 2.05) is 6.92 Å². The zero-order chi connectivity index (χ0) is 18.0. The highest BCUT2D eigenvalue weighted by atomic mass is 32.2. The molecule has 0 N–H and O–H groups in total. The van der Waals surface area contributed by atoms with Gasteiger partial charge in [0.15, 0.2) is 4.80 Å². The van der Waals surface area contributed by atoms with Gasteiger partial charge in [-0.25, -0.2) is 4.79 Å². The number of benzene rings is 1. The van der Waals surface area contributed by atoms with E-state index in [2.05, 4.69) is 4.99 Å². The third-order valence-corrected chi connectivity index (χ3v) is 5.56. The fraction of sp³-hybridized carbons (Fsp3) is 0.375. The summed E-state index contributed by atoms with van der Waals surface area (Å²) in [5.74, 6) is 1.78. The number of urea groups is 1. The van der Waals surface area contributed by atoms with Crippen molar-refractivity contribution in [2.75, 3.05) is 24.6 Å². The summed E-state index contributed by atoms with van der Waals surface area (Å²) in [4.78, 5) is 19.6. The number of carbonyl (C=O) groups excluding carboxylic acids is 1. The third-order valence-electron chi connectivity index (χ3n) is 3.71. The first-order valence-corrected chi connectivity index (χ1v) is 9.60. The number of halogens is 3. The number of rotatable bonds is 1. The van der Waals surface area contributed by atoms with Crippen molar-refractivity contribution >= 4 is 29.1 Å². The van der Waals surface area contributed by atoms with Gasteiger partial charge in [-0.1, -0.05) is 0 Å². The van der Waals surface area contributed by atoms with Crippen LogP contribution in [0, 0.1) is 6.92 Å². The van der Waals surface area contributed by atoms with E-state index >= 15 is 0 Å². The van der Waals surface area contributed by atoms with Crippen molar-refractivity contribution in [1.82, 2.24) is 9.47 Å². The maximum Gasteiger partial charge on any atom is 0.416 e. The molecule has 2 aromatic rings. The molecule has 3 rings (SSSR count). The number of alkyl halides is 3. The molecule has 9 heteroatoms. The molecule has 0 bridgehead atoms. The number of thioether (sulfide) groups is 1. The summed E-state index contributed by atoms with van der Waals surface area (Å²) >= 11 is 3.13. The van der Waals surface area contributed by atoms with E-state index in [0.29, 0.717) is 23.6 Å². The Kier molecular flexibility index (Phi) is 5.24. The van der Waals surface area contributed by atoms with Gasteiger partial charge in [0.05, 0.1) is 5.56 Å². The van der Waals surface area contributed by atoms with E-state index in [1.54, 1.807) is 27.4 Å². The summed E-state index contributed by atoms with van der Waals surface area (Å²) in [5, 5.41) is 0. The number of thiazole rings is 1. The molecule has 1 fully saturated rings. The predicted octanol–water partition coefficient (Wildman–Crippen LogP) is 3.94. The molecular weight excluding hydrogens is 371 g/mol. The molecule has 2 heterocycles. The van der Waals surface area contributed by atoms with Gasteiger partial charge in [-0.15, -0.1) is 11.3 Å².